The van der Waals surface area contributed by atoms with Gasteiger partial charge in [0.15, 0.2) is 0 Å². The van der Waals surface area contributed by atoms with E-state index in [1.54, 1.807) is 0 Å². The van der Waals surface area contributed by atoms with Gasteiger partial charge in [0.05, 0.1) is 6.04 Å². The van der Waals surface area contributed by atoms with Gasteiger partial charge in [0.1, 0.15) is 0 Å². The van der Waals surface area contributed by atoms with E-state index in [1.165, 1.54) is 36.4 Å². The summed E-state index contributed by atoms with van der Waals surface area (Å²) in [5.74, 6) is 0.213. The number of hydrogen-bond donors (Lipinski definition) is 1. The average molecular weight is 387 g/mol. The number of nitrogens with zero attached hydrogens (tertiary/aromatic N) is 3. The lowest BCUT2D eigenvalue weighted by Crippen LogP contribution is -2.59. The van der Waals surface area contributed by atoms with Crippen molar-refractivity contribution < 1.29 is 13.2 Å². The summed E-state index contributed by atoms with van der Waals surface area (Å²) in [6.45, 7) is 6.41. The van der Waals surface area contributed by atoms with E-state index in [0.717, 1.165) is 19.4 Å². The minimum absolute atomic E-state index is 0.00351. The summed E-state index contributed by atoms with van der Waals surface area (Å²) in [6, 6.07) is 0.451. The molecule has 3 rings (SSSR count). The summed E-state index contributed by atoms with van der Waals surface area (Å²) < 4.78 is 28.7. The second-order valence-electron chi connectivity index (χ2n) is 8.19. The van der Waals surface area contributed by atoms with Crippen LogP contribution in [0.5, 0.6) is 0 Å². The van der Waals surface area contributed by atoms with Crippen LogP contribution in [0.4, 0.5) is 0 Å². The normalized spacial score (nSPS) is 27.3. The van der Waals surface area contributed by atoms with Gasteiger partial charge in [-0.05, 0) is 46.1 Å². The lowest BCUT2D eigenvalue weighted by atomic mass is 9.97. The van der Waals surface area contributed by atoms with Gasteiger partial charge < -0.3 is 4.90 Å². The molecule has 0 radical (unpaired) electrons. The summed E-state index contributed by atoms with van der Waals surface area (Å²) in [4.78, 5) is 17.5. The predicted octanol–water partition coefficient (Wildman–Crippen LogP) is 1.17. The van der Waals surface area contributed by atoms with Crippen LogP contribution in [0.2, 0.25) is 0 Å². The van der Waals surface area contributed by atoms with Crippen LogP contribution in [-0.2, 0) is 15.0 Å². The third kappa shape index (κ3) is 4.58. The van der Waals surface area contributed by atoms with Crippen molar-refractivity contribution in [1.82, 2.24) is 18.8 Å². The van der Waals surface area contributed by atoms with Gasteiger partial charge in [0.25, 0.3) is 10.2 Å². The molecule has 0 aromatic rings. The number of piperazine rings is 1. The molecule has 3 aliphatic rings. The topological polar surface area (TPSA) is 73.0 Å². The molecule has 2 aliphatic heterocycles. The zero-order valence-electron chi connectivity index (χ0n) is 16.2. The Bertz CT molecular complexity index is 581. The van der Waals surface area contributed by atoms with Crippen molar-refractivity contribution in [1.29, 1.82) is 0 Å². The zero-order valence-corrected chi connectivity index (χ0v) is 17.0. The quantitative estimate of drug-likeness (QED) is 0.770. The van der Waals surface area contributed by atoms with Crippen LogP contribution in [0.3, 0.4) is 0 Å². The molecule has 2 saturated heterocycles. The van der Waals surface area contributed by atoms with E-state index in [1.807, 2.05) is 18.7 Å². The summed E-state index contributed by atoms with van der Waals surface area (Å²) >= 11 is 0. The minimum Gasteiger partial charge on any atom is -0.339 e. The largest absolute Gasteiger partial charge is 0.339 e. The molecule has 150 valence electrons. The van der Waals surface area contributed by atoms with Gasteiger partial charge in [-0.25, -0.2) is 0 Å². The molecule has 1 amide bonds. The maximum absolute atomic E-state index is 13.2. The number of carbonyl (C=O) groups is 1. The lowest BCUT2D eigenvalue weighted by Gasteiger charge is -2.42. The first-order valence-corrected chi connectivity index (χ1v) is 11.6. The molecule has 0 spiro atoms. The molecule has 1 atom stereocenters. The number of nitrogens with one attached hydrogen (secondary N) is 1. The Hall–Kier alpha value is -0.700. The molecule has 8 heteroatoms. The molecule has 1 aliphatic carbocycles. The van der Waals surface area contributed by atoms with Crippen LogP contribution in [0, 0.1) is 0 Å². The lowest BCUT2D eigenvalue weighted by molar-refractivity contribution is -0.140. The Labute approximate surface area is 158 Å². The van der Waals surface area contributed by atoms with E-state index in [9.17, 15) is 13.2 Å². The predicted molar refractivity (Wildman–Crippen MR) is 102 cm³/mol. The fourth-order valence-corrected chi connectivity index (χ4v) is 6.01. The van der Waals surface area contributed by atoms with Gasteiger partial charge in [-0.15, -0.1) is 0 Å². The van der Waals surface area contributed by atoms with Crippen LogP contribution in [0.1, 0.15) is 58.8 Å². The van der Waals surface area contributed by atoms with Gasteiger partial charge in [0, 0.05) is 38.3 Å². The standard InChI is InChI=1S/C18H34N4O3S/c1-15(2)19-26(24,25)21-13-11-20(12-14-21)18(23)17-9-5-6-10-22(17)16-7-3-4-8-16/h15-17,19H,3-14H2,1-2H3. The molecule has 7 nitrogen and oxygen atoms in total. The summed E-state index contributed by atoms with van der Waals surface area (Å²) in [6.07, 6.45) is 8.25. The first-order valence-electron chi connectivity index (χ1n) is 10.2. The van der Waals surface area contributed by atoms with E-state index in [0.29, 0.717) is 32.2 Å². The van der Waals surface area contributed by atoms with E-state index in [2.05, 4.69) is 9.62 Å². The SMILES string of the molecule is CC(C)NS(=O)(=O)N1CCN(C(=O)C2CCCCN2C2CCCC2)CC1. The fourth-order valence-electron chi connectivity index (χ4n) is 4.62. The number of likely N-dealkylation sites (tertiary alicyclic amines) is 1. The molecule has 3 fully saturated rings. The molecule has 0 aromatic carbocycles. The van der Waals surface area contributed by atoms with Crippen molar-refractivity contribution in [3.63, 3.8) is 0 Å². The Balaban J connectivity index is 1.58. The number of piperidine rings is 1. The molecular formula is C18H34N4O3S. The monoisotopic (exact) mass is 386 g/mol. The maximum atomic E-state index is 13.2. The number of amides is 1. The highest BCUT2D eigenvalue weighted by atomic mass is 32.2. The molecule has 0 aromatic heterocycles. The van der Waals surface area contributed by atoms with Gasteiger partial charge in [-0.1, -0.05) is 19.3 Å². The third-order valence-corrected chi connectivity index (χ3v) is 7.71. The average Bonchev–Trinajstić information content (AvgIpc) is 3.15. The highest BCUT2D eigenvalue weighted by Crippen LogP contribution is 2.30. The zero-order chi connectivity index (χ0) is 18.7. The maximum Gasteiger partial charge on any atom is 0.279 e. The Morgan fingerprint density at radius 1 is 0.923 bits per heavy atom. The molecule has 2 heterocycles. The number of rotatable bonds is 5. The molecule has 26 heavy (non-hydrogen) atoms. The Morgan fingerprint density at radius 2 is 1.54 bits per heavy atom. The van der Waals surface area contributed by atoms with Gasteiger partial charge >= 0.3 is 0 Å². The van der Waals surface area contributed by atoms with E-state index < -0.39 is 10.2 Å². The number of hydrogen-bond acceptors (Lipinski definition) is 4. The van der Waals surface area contributed by atoms with Crippen molar-refractivity contribution in [3.8, 4) is 0 Å². The van der Waals surface area contributed by atoms with E-state index >= 15 is 0 Å². The first kappa shape index (κ1) is 20.0. The molecule has 0 bridgehead atoms. The van der Waals surface area contributed by atoms with Gasteiger partial charge in [0.2, 0.25) is 5.91 Å². The number of carbonyl (C=O) groups excluding carboxylic acids is 1. The van der Waals surface area contributed by atoms with Crippen LogP contribution < -0.4 is 4.72 Å². The van der Waals surface area contributed by atoms with E-state index in [-0.39, 0.29) is 18.0 Å². The van der Waals surface area contributed by atoms with Crippen LogP contribution in [-0.4, -0.2) is 79.3 Å². The van der Waals surface area contributed by atoms with E-state index in [4.69, 9.17) is 0 Å². The van der Waals surface area contributed by atoms with Crippen LogP contribution in [0.25, 0.3) is 0 Å². The summed E-state index contributed by atoms with van der Waals surface area (Å²) in [5, 5.41) is 0. The highest BCUT2D eigenvalue weighted by molar-refractivity contribution is 7.87. The second-order valence-corrected chi connectivity index (χ2v) is 9.89. The molecule has 1 N–H and O–H groups in total. The first-order chi connectivity index (χ1) is 12.4. The Morgan fingerprint density at radius 3 is 2.15 bits per heavy atom. The smallest absolute Gasteiger partial charge is 0.279 e. The molecular weight excluding hydrogens is 352 g/mol. The van der Waals surface area contributed by atoms with Crippen LogP contribution in [0.15, 0.2) is 0 Å². The van der Waals surface area contributed by atoms with Crippen molar-refractivity contribution in [2.45, 2.75) is 76.9 Å². The van der Waals surface area contributed by atoms with Crippen molar-refractivity contribution >= 4 is 16.1 Å². The summed E-state index contributed by atoms with van der Waals surface area (Å²) in [7, 11) is -3.45. The van der Waals surface area contributed by atoms with Crippen molar-refractivity contribution in [2.24, 2.45) is 0 Å². The fraction of sp³-hybridized carbons (Fsp3) is 0.944. The molecule has 1 saturated carbocycles. The van der Waals surface area contributed by atoms with Gasteiger partial charge in [-0.2, -0.15) is 17.4 Å². The minimum atomic E-state index is -3.45. The van der Waals surface area contributed by atoms with Crippen molar-refractivity contribution in [2.75, 3.05) is 32.7 Å². The summed E-state index contributed by atoms with van der Waals surface area (Å²) in [5.41, 5.74) is 0. The van der Waals surface area contributed by atoms with Crippen LogP contribution >= 0.6 is 0 Å². The highest BCUT2D eigenvalue weighted by Gasteiger charge is 2.38. The third-order valence-electron chi connectivity index (χ3n) is 5.90. The van der Waals surface area contributed by atoms with Crippen molar-refractivity contribution in [3.05, 3.63) is 0 Å². The van der Waals surface area contributed by atoms with Gasteiger partial charge in [-0.3, -0.25) is 9.69 Å². The Kier molecular flexibility index (Phi) is 6.59. The second kappa shape index (κ2) is 8.54. The molecule has 1 unspecified atom stereocenters.